The number of fused-ring (bicyclic) bond motifs is 1. The van der Waals surface area contributed by atoms with Crippen molar-refractivity contribution < 1.29 is 19.4 Å². The Morgan fingerprint density at radius 2 is 1.72 bits per heavy atom. The van der Waals surface area contributed by atoms with E-state index in [2.05, 4.69) is 10.3 Å². The summed E-state index contributed by atoms with van der Waals surface area (Å²) in [6.45, 7) is 7.11. The minimum atomic E-state index is -1.33. The van der Waals surface area contributed by atoms with Crippen LogP contribution in [0.3, 0.4) is 0 Å². The molecule has 1 amide bonds. The second-order valence-electron chi connectivity index (χ2n) is 10.8. The summed E-state index contributed by atoms with van der Waals surface area (Å²) in [7, 11) is 0. The van der Waals surface area contributed by atoms with Gasteiger partial charge >= 0.3 is 5.97 Å². The molecule has 6 nitrogen and oxygen atoms in total. The first-order chi connectivity index (χ1) is 18.5. The van der Waals surface area contributed by atoms with Crippen LogP contribution in [0, 0.1) is 0 Å². The number of cyclic esters (lactones) is 1. The number of aliphatic hydroxyl groups excluding tert-OH is 1. The van der Waals surface area contributed by atoms with Gasteiger partial charge in [0.1, 0.15) is 0 Å². The topological polar surface area (TPSA) is 91.4 Å². The molecule has 0 radical (unpaired) electrons. The molecule has 0 bridgehead atoms. The molecule has 3 N–H and O–H groups in total. The van der Waals surface area contributed by atoms with Crippen molar-refractivity contribution in [2.45, 2.75) is 51.2 Å². The first kappa shape index (κ1) is 26.6. The number of carbonyl (C=O) groups is 2. The lowest BCUT2D eigenvalue weighted by atomic mass is 9.81. The highest BCUT2D eigenvalue weighted by molar-refractivity contribution is 6.31. The van der Waals surface area contributed by atoms with E-state index in [0.29, 0.717) is 17.0 Å². The van der Waals surface area contributed by atoms with Crippen LogP contribution >= 0.6 is 11.6 Å². The number of aliphatic hydroxyl groups is 1. The van der Waals surface area contributed by atoms with Crippen LogP contribution in [-0.2, 0) is 26.3 Å². The molecule has 0 spiro atoms. The summed E-state index contributed by atoms with van der Waals surface area (Å²) in [5, 5.41) is 16.2. The fourth-order valence-corrected chi connectivity index (χ4v) is 5.79. The Labute approximate surface area is 232 Å². The molecule has 0 fully saturated rings. The molecule has 7 heteroatoms. The molecule has 2 unspecified atom stereocenters. The number of carbonyl (C=O) groups excluding carboxylic acids is 2. The number of aromatic nitrogens is 1. The predicted molar refractivity (Wildman–Crippen MR) is 153 cm³/mol. The van der Waals surface area contributed by atoms with Crippen LogP contribution in [-0.4, -0.2) is 27.5 Å². The third kappa shape index (κ3) is 4.92. The molecule has 2 atom stereocenters. The van der Waals surface area contributed by atoms with Crippen molar-refractivity contribution in [3.63, 3.8) is 0 Å². The molecule has 3 aromatic carbocycles. The van der Waals surface area contributed by atoms with E-state index in [4.69, 9.17) is 16.3 Å². The fourth-order valence-electron chi connectivity index (χ4n) is 5.62. The van der Waals surface area contributed by atoms with E-state index < -0.39 is 23.0 Å². The Morgan fingerprint density at radius 1 is 1.08 bits per heavy atom. The zero-order valence-corrected chi connectivity index (χ0v) is 23.1. The van der Waals surface area contributed by atoms with E-state index >= 15 is 0 Å². The zero-order chi connectivity index (χ0) is 27.9. The van der Waals surface area contributed by atoms with E-state index in [0.717, 1.165) is 27.7 Å². The Balaban J connectivity index is 1.77. The second kappa shape index (κ2) is 9.93. The molecule has 200 valence electrons. The highest BCUT2D eigenvalue weighted by atomic mass is 35.5. The van der Waals surface area contributed by atoms with Crippen molar-refractivity contribution >= 4 is 34.4 Å². The molecule has 0 saturated heterocycles. The van der Waals surface area contributed by atoms with Gasteiger partial charge in [-0.25, -0.2) is 4.79 Å². The van der Waals surface area contributed by atoms with Gasteiger partial charge in [-0.1, -0.05) is 78.3 Å². The van der Waals surface area contributed by atoms with E-state index in [9.17, 15) is 14.7 Å². The molecule has 0 aliphatic carbocycles. The second-order valence-corrected chi connectivity index (χ2v) is 11.3. The maximum Gasteiger partial charge on any atom is 0.339 e. The van der Waals surface area contributed by atoms with E-state index in [1.165, 1.54) is 6.92 Å². The lowest BCUT2D eigenvalue weighted by Gasteiger charge is -2.27. The average Bonchev–Trinajstić information content (AvgIpc) is 3.33. The van der Waals surface area contributed by atoms with Gasteiger partial charge in [-0.3, -0.25) is 4.79 Å². The van der Waals surface area contributed by atoms with Gasteiger partial charge < -0.3 is 20.1 Å². The average molecular weight is 543 g/mol. The van der Waals surface area contributed by atoms with Gasteiger partial charge in [-0.15, -0.1) is 0 Å². The summed E-state index contributed by atoms with van der Waals surface area (Å²) in [5.74, 6) is -1.52. The smallest absolute Gasteiger partial charge is 0.339 e. The fraction of sp³-hybridized carbons (Fsp3) is 0.250. The van der Waals surface area contributed by atoms with Crippen molar-refractivity contribution in [1.82, 2.24) is 10.3 Å². The highest BCUT2D eigenvalue weighted by Gasteiger charge is 2.49. The molecule has 2 heterocycles. The molecule has 1 aromatic heterocycles. The van der Waals surface area contributed by atoms with Crippen LogP contribution in [0.15, 0.2) is 90.2 Å². The lowest BCUT2D eigenvalue weighted by molar-refractivity contribution is -0.147. The SMILES string of the molecule is CC(=O)NC(C)(C)Cc1c(C(C2=C(O)C(C)(c3ccccc3)OC2=O)c2ccccc2)[nH]c2cc(Cl)ccc12. The van der Waals surface area contributed by atoms with Crippen molar-refractivity contribution in [3.8, 4) is 0 Å². The van der Waals surface area contributed by atoms with Crippen LogP contribution < -0.4 is 5.32 Å². The summed E-state index contributed by atoms with van der Waals surface area (Å²) in [6.07, 6.45) is 0.464. The molecular weight excluding hydrogens is 512 g/mol. The van der Waals surface area contributed by atoms with Crippen molar-refractivity contribution in [3.05, 3.63) is 118 Å². The number of hydrogen-bond acceptors (Lipinski definition) is 4. The monoisotopic (exact) mass is 542 g/mol. The summed E-state index contributed by atoms with van der Waals surface area (Å²) in [5.41, 5.74) is 2.17. The first-order valence-corrected chi connectivity index (χ1v) is 13.2. The number of nitrogens with one attached hydrogen (secondary N) is 2. The Hall–Kier alpha value is -4.03. The van der Waals surface area contributed by atoms with Gasteiger partial charge in [-0.05, 0) is 50.5 Å². The van der Waals surface area contributed by atoms with E-state index in [-0.39, 0.29) is 17.2 Å². The quantitative estimate of drug-likeness (QED) is 0.227. The number of halogens is 1. The molecule has 1 aliphatic rings. The van der Waals surface area contributed by atoms with Crippen LogP contribution in [0.25, 0.3) is 10.9 Å². The molecule has 0 saturated carbocycles. The maximum atomic E-state index is 13.6. The number of aromatic amines is 1. The van der Waals surface area contributed by atoms with E-state index in [1.54, 1.807) is 6.92 Å². The minimum Gasteiger partial charge on any atom is -0.507 e. The van der Waals surface area contributed by atoms with Crippen LogP contribution in [0.2, 0.25) is 5.02 Å². The number of hydrogen-bond donors (Lipinski definition) is 3. The van der Waals surface area contributed by atoms with Crippen molar-refractivity contribution in [2.75, 3.05) is 0 Å². The Morgan fingerprint density at radius 3 is 2.36 bits per heavy atom. The van der Waals surface area contributed by atoms with Gasteiger partial charge in [0.05, 0.1) is 11.5 Å². The van der Waals surface area contributed by atoms with Crippen LogP contribution in [0.5, 0.6) is 0 Å². The normalized spacial score (nSPS) is 18.3. The summed E-state index contributed by atoms with van der Waals surface area (Å²) < 4.78 is 5.92. The lowest BCUT2D eigenvalue weighted by Crippen LogP contribution is -2.44. The highest BCUT2D eigenvalue weighted by Crippen LogP contribution is 2.48. The van der Waals surface area contributed by atoms with Gasteiger partial charge in [0.25, 0.3) is 0 Å². The number of H-pyrrole nitrogens is 1. The van der Waals surface area contributed by atoms with Gasteiger partial charge in [0.2, 0.25) is 5.91 Å². The number of amides is 1. The molecule has 5 rings (SSSR count). The minimum absolute atomic E-state index is 0.128. The standard InChI is InChI=1S/C32H31ClN2O4/c1-19(36)35-31(2,3)18-24-23-16-15-22(33)17-25(23)34-28(24)26(20-11-7-5-8-12-20)27-29(37)32(4,39-30(27)38)21-13-9-6-10-14-21/h5-17,26,34,37H,18H2,1-4H3,(H,35,36). The first-order valence-electron chi connectivity index (χ1n) is 12.9. The molecular formula is C32H31ClN2O4. The zero-order valence-electron chi connectivity index (χ0n) is 22.3. The summed E-state index contributed by atoms with van der Waals surface area (Å²) in [6, 6.07) is 24.4. The molecule has 1 aliphatic heterocycles. The van der Waals surface area contributed by atoms with Crippen LogP contribution in [0.4, 0.5) is 0 Å². The Kier molecular flexibility index (Phi) is 6.77. The van der Waals surface area contributed by atoms with Gasteiger partial charge in [0.15, 0.2) is 11.4 Å². The largest absolute Gasteiger partial charge is 0.507 e. The third-order valence-electron chi connectivity index (χ3n) is 7.29. The summed E-state index contributed by atoms with van der Waals surface area (Å²) >= 11 is 6.36. The van der Waals surface area contributed by atoms with Crippen molar-refractivity contribution in [2.24, 2.45) is 0 Å². The predicted octanol–water partition coefficient (Wildman–Crippen LogP) is 6.69. The van der Waals surface area contributed by atoms with Crippen LogP contribution in [0.1, 0.15) is 56.0 Å². The number of esters is 1. The Bertz CT molecular complexity index is 1590. The molecule has 4 aromatic rings. The van der Waals surface area contributed by atoms with Crippen molar-refractivity contribution in [1.29, 1.82) is 0 Å². The number of ether oxygens (including phenoxy) is 1. The maximum absolute atomic E-state index is 13.6. The van der Waals surface area contributed by atoms with E-state index in [1.807, 2.05) is 92.7 Å². The summed E-state index contributed by atoms with van der Waals surface area (Å²) in [4.78, 5) is 29.2. The molecule has 39 heavy (non-hydrogen) atoms. The number of rotatable bonds is 7. The van der Waals surface area contributed by atoms with Gasteiger partial charge in [0, 0.05) is 39.6 Å². The third-order valence-corrected chi connectivity index (χ3v) is 7.53. The number of benzene rings is 3. The van der Waals surface area contributed by atoms with Gasteiger partial charge in [-0.2, -0.15) is 0 Å².